The molecular weight excluding hydrogens is 400 g/mol. The number of benzene rings is 1. The van der Waals surface area contributed by atoms with Gasteiger partial charge in [-0.05, 0) is 45.4 Å². The highest BCUT2D eigenvalue weighted by Crippen LogP contribution is 2.24. The summed E-state index contributed by atoms with van der Waals surface area (Å²) in [6.07, 6.45) is 1.53. The van der Waals surface area contributed by atoms with E-state index in [2.05, 4.69) is 20.0 Å². The Labute approximate surface area is 177 Å². The fourth-order valence-electron chi connectivity index (χ4n) is 3.87. The lowest BCUT2D eigenvalue weighted by Gasteiger charge is -2.35. The highest BCUT2D eigenvalue weighted by atomic mass is 32.2. The highest BCUT2D eigenvalue weighted by Gasteiger charge is 2.30. The second-order valence-corrected chi connectivity index (χ2v) is 9.64. The lowest BCUT2D eigenvalue weighted by Crippen LogP contribution is -2.49. The number of anilines is 1. The highest BCUT2D eigenvalue weighted by molar-refractivity contribution is 7.89. The van der Waals surface area contributed by atoms with Crippen LogP contribution < -0.4 is 4.90 Å². The van der Waals surface area contributed by atoms with Gasteiger partial charge in [-0.2, -0.15) is 9.40 Å². The average molecular weight is 427 g/mol. The topological polar surface area (TPSA) is 84.2 Å². The van der Waals surface area contributed by atoms with Gasteiger partial charge in [-0.25, -0.2) is 23.1 Å². The molecule has 0 N–H and O–H groups in total. The number of nitrogens with zero attached hydrogens (tertiary/aromatic N) is 6. The summed E-state index contributed by atoms with van der Waals surface area (Å²) in [5.41, 5.74) is 3.76. The van der Waals surface area contributed by atoms with Crippen molar-refractivity contribution in [1.82, 2.24) is 24.1 Å². The molecule has 158 valence electrons. The van der Waals surface area contributed by atoms with Gasteiger partial charge in [0.1, 0.15) is 12.1 Å². The van der Waals surface area contributed by atoms with Gasteiger partial charge >= 0.3 is 0 Å². The first-order chi connectivity index (χ1) is 14.3. The van der Waals surface area contributed by atoms with Gasteiger partial charge in [-0.1, -0.05) is 17.7 Å². The molecule has 0 spiro atoms. The minimum absolute atomic E-state index is 0.385. The molecule has 0 unspecified atom stereocenters. The molecule has 1 fully saturated rings. The molecule has 0 atom stereocenters. The molecule has 0 bridgehead atoms. The van der Waals surface area contributed by atoms with Crippen molar-refractivity contribution in [1.29, 1.82) is 0 Å². The van der Waals surface area contributed by atoms with Crippen LogP contribution in [0.15, 0.2) is 41.6 Å². The van der Waals surface area contributed by atoms with E-state index in [1.54, 1.807) is 15.1 Å². The number of sulfonamides is 1. The normalized spacial score (nSPS) is 15.5. The van der Waals surface area contributed by atoms with Crippen molar-refractivity contribution in [3.05, 3.63) is 59.2 Å². The van der Waals surface area contributed by atoms with E-state index in [9.17, 15) is 8.42 Å². The summed E-state index contributed by atoms with van der Waals surface area (Å²) < 4.78 is 29.6. The molecule has 1 aliphatic rings. The van der Waals surface area contributed by atoms with E-state index in [0.29, 0.717) is 36.9 Å². The van der Waals surface area contributed by atoms with E-state index >= 15 is 0 Å². The van der Waals surface area contributed by atoms with Crippen LogP contribution in [-0.4, -0.2) is 58.7 Å². The molecule has 0 saturated carbocycles. The van der Waals surface area contributed by atoms with Crippen LogP contribution in [0.3, 0.4) is 0 Å². The van der Waals surface area contributed by atoms with Gasteiger partial charge in [0.15, 0.2) is 5.82 Å². The molecule has 3 heterocycles. The zero-order valence-corrected chi connectivity index (χ0v) is 18.5. The van der Waals surface area contributed by atoms with Crippen molar-refractivity contribution in [2.24, 2.45) is 0 Å². The third-order valence-corrected chi connectivity index (χ3v) is 7.43. The Morgan fingerprint density at radius 3 is 2.20 bits per heavy atom. The second-order valence-electron chi connectivity index (χ2n) is 7.73. The molecule has 3 aromatic rings. The van der Waals surface area contributed by atoms with Crippen LogP contribution in [0.4, 0.5) is 5.82 Å². The Kier molecular flexibility index (Phi) is 5.33. The number of hydrogen-bond donors (Lipinski definition) is 0. The van der Waals surface area contributed by atoms with Crippen LogP contribution in [-0.2, 0) is 10.0 Å². The van der Waals surface area contributed by atoms with Crippen molar-refractivity contribution < 1.29 is 8.42 Å². The first-order valence-corrected chi connectivity index (χ1v) is 11.4. The number of aromatic nitrogens is 4. The monoisotopic (exact) mass is 426 g/mol. The van der Waals surface area contributed by atoms with Crippen LogP contribution in [0.1, 0.15) is 22.5 Å². The van der Waals surface area contributed by atoms with Gasteiger partial charge in [0.2, 0.25) is 10.0 Å². The van der Waals surface area contributed by atoms with E-state index in [1.807, 2.05) is 52.0 Å². The first-order valence-electron chi connectivity index (χ1n) is 9.94. The summed E-state index contributed by atoms with van der Waals surface area (Å²) in [6, 6.07) is 9.35. The van der Waals surface area contributed by atoms with Crippen molar-refractivity contribution >= 4 is 15.8 Å². The van der Waals surface area contributed by atoms with E-state index in [0.717, 1.165) is 28.3 Å². The number of aryl methyl sites for hydroxylation is 4. The second kappa shape index (κ2) is 7.81. The molecular formula is C21H26N6O2S. The Morgan fingerprint density at radius 1 is 0.867 bits per heavy atom. The molecule has 2 aromatic heterocycles. The van der Waals surface area contributed by atoms with Gasteiger partial charge in [-0.15, -0.1) is 0 Å². The molecule has 1 aliphatic heterocycles. The smallest absolute Gasteiger partial charge is 0.243 e. The van der Waals surface area contributed by atoms with Gasteiger partial charge in [0.25, 0.3) is 0 Å². The third kappa shape index (κ3) is 3.82. The van der Waals surface area contributed by atoms with Crippen LogP contribution >= 0.6 is 0 Å². The summed E-state index contributed by atoms with van der Waals surface area (Å²) in [6.45, 7) is 9.69. The fraction of sp³-hybridized carbons (Fsp3) is 0.381. The Morgan fingerprint density at radius 2 is 1.57 bits per heavy atom. The number of hydrogen-bond acceptors (Lipinski definition) is 6. The molecule has 0 amide bonds. The zero-order valence-electron chi connectivity index (χ0n) is 17.7. The minimum atomic E-state index is -3.51. The maximum Gasteiger partial charge on any atom is 0.243 e. The summed E-state index contributed by atoms with van der Waals surface area (Å²) in [4.78, 5) is 11.2. The van der Waals surface area contributed by atoms with Crippen molar-refractivity contribution in [3.8, 4) is 5.82 Å². The molecule has 1 saturated heterocycles. The molecule has 0 radical (unpaired) electrons. The van der Waals surface area contributed by atoms with E-state index < -0.39 is 10.0 Å². The predicted octanol–water partition coefficient (Wildman–Crippen LogP) is 2.41. The number of rotatable bonds is 4. The van der Waals surface area contributed by atoms with E-state index in [4.69, 9.17) is 0 Å². The van der Waals surface area contributed by atoms with Gasteiger partial charge in [0.05, 0.1) is 10.6 Å². The van der Waals surface area contributed by atoms with Crippen LogP contribution in [0.25, 0.3) is 5.82 Å². The maximum absolute atomic E-state index is 13.1. The minimum Gasteiger partial charge on any atom is -0.354 e. The third-order valence-electron chi connectivity index (χ3n) is 5.38. The lowest BCUT2D eigenvalue weighted by molar-refractivity contribution is 0.383. The van der Waals surface area contributed by atoms with Gasteiger partial charge in [0, 0.05) is 37.9 Å². The van der Waals surface area contributed by atoms with Crippen molar-refractivity contribution in [2.45, 2.75) is 32.6 Å². The molecule has 9 heteroatoms. The average Bonchev–Trinajstić information content (AvgIpc) is 3.06. The first kappa shape index (κ1) is 20.5. The summed E-state index contributed by atoms with van der Waals surface area (Å²) >= 11 is 0. The fourth-order valence-corrected chi connectivity index (χ4v) is 5.50. The van der Waals surface area contributed by atoms with E-state index in [-0.39, 0.29) is 0 Å². The predicted molar refractivity (Wildman–Crippen MR) is 116 cm³/mol. The SMILES string of the molecule is Cc1ccc(S(=O)(=O)N2CCN(c3cc(-n4nc(C)cc4C)ncn3)CC2)c(C)c1. The summed E-state index contributed by atoms with van der Waals surface area (Å²) in [7, 11) is -3.51. The van der Waals surface area contributed by atoms with Crippen molar-refractivity contribution in [3.63, 3.8) is 0 Å². The molecule has 8 nitrogen and oxygen atoms in total. The Balaban J connectivity index is 1.51. The molecule has 0 aliphatic carbocycles. The van der Waals surface area contributed by atoms with Crippen LogP contribution in [0.5, 0.6) is 0 Å². The van der Waals surface area contributed by atoms with Crippen LogP contribution in [0.2, 0.25) is 0 Å². The zero-order chi connectivity index (χ0) is 21.5. The molecule has 1 aromatic carbocycles. The Bertz CT molecular complexity index is 1180. The molecule has 30 heavy (non-hydrogen) atoms. The Hall–Kier alpha value is -2.78. The van der Waals surface area contributed by atoms with Crippen LogP contribution in [0, 0.1) is 27.7 Å². The largest absolute Gasteiger partial charge is 0.354 e. The molecule has 4 rings (SSSR count). The maximum atomic E-state index is 13.1. The summed E-state index contributed by atoms with van der Waals surface area (Å²) in [5.74, 6) is 1.48. The summed E-state index contributed by atoms with van der Waals surface area (Å²) in [5, 5.41) is 4.48. The quantitative estimate of drug-likeness (QED) is 0.637. The van der Waals surface area contributed by atoms with Crippen molar-refractivity contribution in [2.75, 3.05) is 31.1 Å². The van der Waals surface area contributed by atoms with Gasteiger partial charge < -0.3 is 4.90 Å². The van der Waals surface area contributed by atoms with E-state index in [1.165, 1.54) is 6.33 Å². The standard InChI is InChI=1S/C21H26N6O2S/c1-15-5-6-19(16(2)11-15)30(28,29)26-9-7-25(8-10-26)20-13-21(23-14-22-20)27-18(4)12-17(3)24-27/h5-6,11-14H,7-10H2,1-4H3. The number of piperazine rings is 1. The lowest BCUT2D eigenvalue weighted by atomic mass is 10.2. The van der Waals surface area contributed by atoms with Gasteiger partial charge in [-0.3, -0.25) is 0 Å².